The van der Waals surface area contributed by atoms with Crippen LogP contribution in [-0.2, 0) is 23.9 Å². The van der Waals surface area contributed by atoms with Crippen LogP contribution >= 0.6 is 0 Å². The number of carbonyl (C=O) groups is 4. The highest BCUT2D eigenvalue weighted by molar-refractivity contribution is 6.12. The summed E-state index contributed by atoms with van der Waals surface area (Å²) in [5.74, 6) is -1.63. The van der Waals surface area contributed by atoms with Gasteiger partial charge in [0.15, 0.2) is 0 Å². The van der Waals surface area contributed by atoms with Crippen LogP contribution in [0.4, 0.5) is 0 Å². The standard InChI is InChI=1S/C14H21N3O5/c1-9(2)22-14(21)10(15)3-4-11(18)16-7-8-17-12(19)5-6-13(17)20/h5-6,9-10H,3-4,7-8,15H2,1-2H3,(H,16,18)/t10-/m1/s1. The zero-order valence-corrected chi connectivity index (χ0v) is 12.7. The molecule has 122 valence electrons. The Morgan fingerprint density at radius 3 is 2.41 bits per heavy atom. The molecular weight excluding hydrogens is 290 g/mol. The quantitative estimate of drug-likeness (QED) is 0.442. The zero-order valence-electron chi connectivity index (χ0n) is 12.7. The summed E-state index contributed by atoms with van der Waals surface area (Å²) in [7, 11) is 0. The molecule has 0 aromatic carbocycles. The molecule has 1 atom stereocenters. The van der Waals surface area contributed by atoms with Gasteiger partial charge in [0.05, 0.1) is 6.10 Å². The van der Waals surface area contributed by atoms with Gasteiger partial charge in [-0.3, -0.25) is 24.1 Å². The SMILES string of the molecule is CC(C)OC(=O)[C@H](N)CCC(=O)NCCN1C(=O)C=CC1=O. The monoisotopic (exact) mass is 311 g/mol. The Morgan fingerprint density at radius 1 is 1.27 bits per heavy atom. The average Bonchev–Trinajstić information content (AvgIpc) is 2.75. The zero-order chi connectivity index (χ0) is 16.7. The minimum Gasteiger partial charge on any atom is -0.462 e. The minimum atomic E-state index is -0.848. The van der Waals surface area contributed by atoms with E-state index in [1.807, 2.05) is 0 Å². The Kier molecular flexibility index (Phi) is 6.71. The summed E-state index contributed by atoms with van der Waals surface area (Å²) in [6, 6.07) is -0.848. The highest BCUT2D eigenvalue weighted by Crippen LogP contribution is 2.02. The number of esters is 1. The van der Waals surface area contributed by atoms with Crippen molar-refractivity contribution in [2.24, 2.45) is 5.73 Å². The lowest BCUT2D eigenvalue weighted by molar-refractivity contribution is -0.149. The van der Waals surface area contributed by atoms with Gasteiger partial charge in [-0.1, -0.05) is 0 Å². The molecule has 8 nitrogen and oxygen atoms in total. The van der Waals surface area contributed by atoms with E-state index < -0.39 is 23.8 Å². The molecule has 0 aromatic rings. The molecule has 22 heavy (non-hydrogen) atoms. The molecule has 8 heteroatoms. The summed E-state index contributed by atoms with van der Waals surface area (Å²) >= 11 is 0. The maximum absolute atomic E-state index is 11.6. The van der Waals surface area contributed by atoms with Gasteiger partial charge in [-0.25, -0.2) is 0 Å². The molecule has 0 saturated heterocycles. The Balaban J connectivity index is 2.20. The molecule has 0 bridgehead atoms. The van der Waals surface area contributed by atoms with Gasteiger partial charge in [0.1, 0.15) is 6.04 Å². The molecule has 1 heterocycles. The van der Waals surface area contributed by atoms with Crippen molar-refractivity contribution in [2.45, 2.75) is 38.8 Å². The van der Waals surface area contributed by atoms with Crippen molar-refractivity contribution in [2.75, 3.05) is 13.1 Å². The van der Waals surface area contributed by atoms with Crippen LogP contribution in [0.1, 0.15) is 26.7 Å². The first kappa shape index (κ1) is 17.8. The van der Waals surface area contributed by atoms with Crippen LogP contribution in [0.3, 0.4) is 0 Å². The molecule has 1 aliphatic heterocycles. The number of ether oxygens (including phenoxy) is 1. The number of hydrogen-bond acceptors (Lipinski definition) is 6. The largest absolute Gasteiger partial charge is 0.462 e. The summed E-state index contributed by atoms with van der Waals surface area (Å²) < 4.78 is 4.93. The van der Waals surface area contributed by atoms with Gasteiger partial charge in [0, 0.05) is 31.7 Å². The molecule has 3 N–H and O–H groups in total. The van der Waals surface area contributed by atoms with Gasteiger partial charge in [-0.2, -0.15) is 0 Å². The lowest BCUT2D eigenvalue weighted by atomic mass is 10.1. The van der Waals surface area contributed by atoms with Crippen LogP contribution < -0.4 is 11.1 Å². The van der Waals surface area contributed by atoms with Crippen molar-refractivity contribution >= 4 is 23.7 Å². The lowest BCUT2D eigenvalue weighted by Crippen LogP contribution is -2.39. The lowest BCUT2D eigenvalue weighted by Gasteiger charge is -2.15. The topological polar surface area (TPSA) is 119 Å². The Morgan fingerprint density at radius 2 is 1.86 bits per heavy atom. The van der Waals surface area contributed by atoms with E-state index in [0.29, 0.717) is 0 Å². The summed E-state index contributed by atoms with van der Waals surface area (Å²) in [5, 5.41) is 2.57. The van der Waals surface area contributed by atoms with Crippen molar-refractivity contribution in [3.63, 3.8) is 0 Å². The van der Waals surface area contributed by atoms with Crippen LogP contribution in [0.2, 0.25) is 0 Å². The number of amides is 3. The van der Waals surface area contributed by atoms with E-state index in [1.165, 1.54) is 12.2 Å². The Labute approximate surface area is 128 Å². The average molecular weight is 311 g/mol. The fraction of sp³-hybridized carbons (Fsp3) is 0.571. The van der Waals surface area contributed by atoms with Crippen LogP contribution in [0.5, 0.6) is 0 Å². The van der Waals surface area contributed by atoms with E-state index in [0.717, 1.165) is 4.90 Å². The number of nitrogens with zero attached hydrogens (tertiary/aromatic N) is 1. The van der Waals surface area contributed by atoms with E-state index in [9.17, 15) is 19.2 Å². The summed E-state index contributed by atoms with van der Waals surface area (Å²) in [5.41, 5.74) is 5.62. The van der Waals surface area contributed by atoms with Gasteiger partial charge in [0.25, 0.3) is 11.8 Å². The van der Waals surface area contributed by atoms with E-state index in [4.69, 9.17) is 10.5 Å². The van der Waals surface area contributed by atoms with Crippen molar-refractivity contribution in [1.82, 2.24) is 10.2 Å². The van der Waals surface area contributed by atoms with Crippen molar-refractivity contribution in [1.29, 1.82) is 0 Å². The van der Waals surface area contributed by atoms with Crippen molar-refractivity contribution < 1.29 is 23.9 Å². The van der Waals surface area contributed by atoms with Gasteiger partial charge in [0.2, 0.25) is 5.91 Å². The second-order valence-corrected chi connectivity index (χ2v) is 5.14. The predicted molar refractivity (Wildman–Crippen MR) is 77.3 cm³/mol. The second kappa shape index (κ2) is 8.28. The molecule has 0 radical (unpaired) electrons. The first-order chi connectivity index (χ1) is 10.3. The molecule has 0 saturated carbocycles. The summed E-state index contributed by atoms with van der Waals surface area (Å²) in [6.45, 7) is 3.70. The van der Waals surface area contributed by atoms with Gasteiger partial charge in [-0.05, 0) is 20.3 Å². The van der Waals surface area contributed by atoms with Crippen LogP contribution in [0, 0.1) is 0 Å². The predicted octanol–water partition coefficient (Wildman–Crippen LogP) is -0.913. The van der Waals surface area contributed by atoms with Gasteiger partial charge >= 0.3 is 5.97 Å². The number of nitrogens with one attached hydrogen (secondary N) is 1. The molecule has 1 rings (SSSR count). The highest BCUT2D eigenvalue weighted by atomic mass is 16.5. The molecule has 1 aliphatic rings. The van der Waals surface area contributed by atoms with Crippen LogP contribution in [-0.4, -0.2) is 53.8 Å². The molecule has 0 unspecified atom stereocenters. The first-order valence-corrected chi connectivity index (χ1v) is 7.07. The van der Waals surface area contributed by atoms with E-state index >= 15 is 0 Å². The highest BCUT2D eigenvalue weighted by Gasteiger charge is 2.23. The maximum Gasteiger partial charge on any atom is 0.323 e. The van der Waals surface area contributed by atoms with Crippen molar-refractivity contribution in [3.05, 3.63) is 12.2 Å². The second-order valence-electron chi connectivity index (χ2n) is 5.14. The third kappa shape index (κ3) is 5.65. The van der Waals surface area contributed by atoms with Crippen molar-refractivity contribution in [3.8, 4) is 0 Å². The number of rotatable bonds is 8. The van der Waals surface area contributed by atoms with Gasteiger partial charge < -0.3 is 15.8 Å². The van der Waals surface area contributed by atoms with Gasteiger partial charge in [-0.15, -0.1) is 0 Å². The summed E-state index contributed by atoms with van der Waals surface area (Å²) in [6.07, 6.45) is 2.35. The third-order valence-electron chi connectivity index (χ3n) is 2.90. The van der Waals surface area contributed by atoms with E-state index in [2.05, 4.69) is 5.32 Å². The Hall–Kier alpha value is -2.22. The minimum absolute atomic E-state index is 0.0640. The maximum atomic E-state index is 11.6. The van der Waals surface area contributed by atoms with Crippen LogP contribution in [0.25, 0.3) is 0 Å². The molecule has 0 spiro atoms. The van der Waals surface area contributed by atoms with E-state index in [1.54, 1.807) is 13.8 Å². The number of nitrogens with two attached hydrogens (primary N) is 1. The molecule has 0 fully saturated rings. The number of hydrogen-bond donors (Lipinski definition) is 2. The smallest absolute Gasteiger partial charge is 0.323 e. The molecule has 0 aromatic heterocycles. The Bertz CT molecular complexity index is 469. The fourth-order valence-corrected chi connectivity index (χ4v) is 1.77. The normalized spacial score (nSPS) is 15.4. The first-order valence-electron chi connectivity index (χ1n) is 7.07. The summed E-state index contributed by atoms with van der Waals surface area (Å²) in [4.78, 5) is 46.7. The van der Waals surface area contributed by atoms with E-state index in [-0.39, 0.29) is 37.9 Å². The molecule has 3 amide bonds. The third-order valence-corrected chi connectivity index (χ3v) is 2.90. The number of carbonyl (C=O) groups excluding carboxylic acids is 4. The van der Waals surface area contributed by atoms with Crippen LogP contribution in [0.15, 0.2) is 12.2 Å². The fourth-order valence-electron chi connectivity index (χ4n) is 1.77. The molecular formula is C14H21N3O5. The number of imide groups is 1. The molecule has 0 aliphatic carbocycles.